The molecular formula is C18H27N3O2. The van der Waals surface area contributed by atoms with E-state index in [1.54, 1.807) is 12.1 Å². The van der Waals surface area contributed by atoms with Crippen LogP contribution in [-0.4, -0.2) is 41.9 Å². The quantitative estimate of drug-likeness (QED) is 0.813. The summed E-state index contributed by atoms with van der Waals surface area (Å²) in [5, 5.41) is 6.12. The molecule has 2 N–H and O–H groups in total. The van der Waals surface area contributed by atoms with Crippen molar-refractivity contribution < 1.29 is 9.59 Å². The molecule has 0 aliphatic heterocycles. The van der Waals surface area contributed by atoms with Crippen LogP contribution in [0.15, 0.2) is 24.3 Å². The van der Waals surface area contributed by atoms with Crippen LogP contribution < -0.4 is 10.6 Å². The predicted octanol–water partition coefficient (Wildman–Crippen LogP) is 2.64. The van der Waals surface area contributed by atoms with Crippen molar-refractivity contribution in [2.75, 3.05) is 18.9 Å². The summed E-state index contributed by atoms with van der Waals surface area (Å²) in [6.07, 6.45) is 3.09. The lowest BCUT2D eigenvalue weighted by Crippen LogP contribution is -2.42. The standard InChI is InChI=1S/C18H27N3O2/c1-5-18(2,3)20-17(23)13-6-8-14(9-7-13)19-12-16(22)21(4)15-10-11-15/h6-9,15,19H,5,10-12H2,1-4H3,(H,20,23). The normalized spacial score (nSPS) is 14.3. The van der Waals surface area contributed by atoms with Crippen LogP contribution in [0.5, 0.6) is 0 Å². The van der Waals surface area contributed by atoms with Crippen LogP contribution in [0.4, 0.5) is 5.69 Å². The van der Waals surface area contributed by atoms with Gasteiger partial charge in [0.1, 0.15) is 0 Å². The van der Waals surface area contributed by atoms with Gasteiger partial charge in [-0.05, 0) is 57.4 Å². The van der Waals surface area contributed by atoms with Gasteiger partial charge in [-0.1, -0.05) is 6.92 Å². The fourth-order valence-electron chi connectivity index (χ4n) is 2.18. The predicted molar refractivity (Wildman–Crippen MR) is 92.6 cm³/mol. The van der Waals surface area contributed by atoms with Crippen molar-refractivity contribution in [2.24, 2.45) is 0 Å². The fraction of sp³-hybridized carbons (Fsp3) is 0.556. The third-order valence-corrected chi connectivity index (χ3v) is 4.41. The molecule has 126 valence electrons. The Morgan fingerprint density at radius 3 is 2.35 bits per heavy atom. The number of benzene rings is 1. The number of anilines is 1. The van der Waals surface area contributed by atoms with E-state index in [4.69, 9.17) is 0 Å². The van der Waals surface area contributed by atoms with E-state index in [0.717, 1.165) is 24.9 Å². The van der Waals surface area contributed by atoms with Gasteiger partial charge < -0.3 is 15.5 Å². The van der Waals surface area contributed by atoms with Crippen molar-refractivity contribution in [2.45, 2.75) is 51.6 Å². The van der Waals surface area contributed by atoms with Crippen LogP contribution >= 0.6 is 0 Å². The van der Waals surface area contributed by atoms with E-state index in [1.807, 2.05) is 44.9 Å². The van der Waals surface area contributed by atoms with Crippen molar-refractivity contribution in [1.82, 2.24) is 10.2 Å². The van der Waals surface area contributed by atoms with Crippen LogP contribution in [0, 0.1) is 0 Å². The van der Waals surface area contributed by atoms with E-state index in [2.05, 4.69) is 10.6 Å². The number of nitrogens with zero attached hydrogens (tertiary/aromatic N) is 1. The zero-order chi connectivity index (χ0) is 17.0. The van der Waals surface area contributed by atoms with Crippen LogP contribution in [0.1, 0.15) is 50.4 Å². The smallest absolute Gasteiger partial charge is 0.251 e. The summed E-state index contributed by atoms with van der Waals surface area (Å²) >= 11 is 0. The lowest BCUT2D eigenvalue weighted by Gasteiger charge is -2.24. The van der Waals surface area contributed by atoms with E-state index in [-0.39, 0.29) is 23.9 Å². The Balaban J connectivity index is 1.86. The Hall–Kier alpha value is -2.04. The molecule has 5 heteroatoms. The monoisotopic (exact) mass is 317 g/mol. The number of nitrogens with one attached hydrogen (secondary N) is 2. The van der Waals surface area contributed by atoms with E-state index >= 15 is 0 Å². The van der Waals surface area contributed by atoms with Crippen LogP contribution in [0.3, 0.4) is 0 Å². The van der Waals surface area contributed by atoms with Crippen molar-refractivity contribution in [3.05, 3.63) is 29.8 Å². The molecule has 0 bridgehead atoms. The SMILES string of the molecule is CCC(C)(C)NC(=O)c1ccc(NCC(=O)N(C)C2CC2)cc1. The van der Waals surface area contributed by atoms with Gasteiger partial charge in [0.25, 0.3) is 5.91 Å². The zero-order valence-corrected chi connectivity index (χ0v) is 14.5. The molecule has 0 atom stereocenters. The second-order valence-corrected chi connectivity index (χ2v) is 6.86. The highest BCUT2D eigenvalue weighted by atomic mass is 16.2. The number of rotatable bonds is 7. The third kappa shape index (κ3) is 4.98. The summed E-state index contributed by atoms with van der Waals surface area (Å²) < 4.78 is 0. The number of carbonyl (C=O) groups excluding carboxylic acids is 2. The summed E-state index contributed by atoms with van der Waals surface area (Å²) in [6, 6.07) is 7.64. The maximum Gasteiger partial charge on any atom is 0.251 e. The van der Waals surface area contributed by atoms with Gasteiger partial charge in [-0.15, -0.1) is 0 Å². The molecule has 0 aromatic heterocycles. The van der Waals surface area contributed by atoms with Gasteiger partial charge >= 0.3 is 0 Å². The number of carbonyl (C=O) groups is 2. The average molecular weight is 317 g/mol. The van der Waals surface area contributed by atoms with Gasteiger partial charge in [-0.2, -0.15) is 0 Å². The first-order valence-electron chi connectivity index (χ1n) is 8.24. The van der Waals surface area contributed by atoms with Crippen molar-refractivity contribution in [1.29, 1.82) is 0 Å². The molecule has 0 spiro atoms. The summed E-state index contributed by atoms with van der Waals surface area (Å²) in [4.78, 5) is 25.9. The third-order valence-electron chi connectivity index (χ3n) is 4.41. The van der Waals surface area contributed by atoms with Gasteiger partial charge in [0.05, 0.1) is 6.54 Å². The highest BCUT2D eigenvalue weighted by Crippen LogP contribution is 2.25. The Morgan fingerprint density at radius 2 is 1.83 bits per heavy atom. The molecule has 23 heavy (non-hydrogen) atoms. The molecule has 0 saturated heterocycles. The van der Waals surface area contributed by atoms with Gasteiger partial charge in [0.15, 0.2) is 0 Å². The summed E-state index contributed by atoms with van der Waals surface area (Å²) in [7, 11) is 1.85. The Kier molecular flexibility index (Phi) is 5.29. The number of likely N-dealkylation sites (N-methyl/N-ethyl adjacent to an activating group) is 1. The van der Waals surface area contributed by atoms with Crippen LogP contribution in [0.2, 0.25) is 0 Å². The molecule has 0 heterocycles. The fourth-order valence-corrected chi connectivity index (χ4v) is 2.18. The maximum atomic E-state index is 12.2. The Morgan fingerprint density at radius 1 is 1.22 bits per heavy atom. The summed E-state index contributed by atoms with van der Waals surface area (Å²) in [5.74, 6) is 0.0203. The highest BCUT2D eigenvalue weighted by Gasteiger charge is 2.29. The van der Waals surface area contributed by atoms with Crippen LogP contribution in [-0.2, 0) is 4.79 Å². The first-order valence-corrected chi connectivity index (χ1v) is 8.24. The number of hydrogen-bond donors (Lipinski definition) is 2. The largest absolute Gasteiger partial charge is 0.376 e. The molecule has 2 rings (SSSR count). The molecule has 1 saturated carbocycles. The van der Waals surface area contributed by atoms with Gasteiger partial charge in [-0.25, -0.2) is 0 Å². The van der Waals surface area contributed by atoms with E-state index in [9.17, 15) is 9.59 Å². The maximum absolute atomic E-state index is 12.2. The lowest BCUT2D eigenvalue weighted by atomic mass is 10.0. The molecule has 5 nitrogen and oxygen atoms in total. The molecule has 1 fully saturated rings. The van der Waals surface area contributed by atoms with E-state index < -0.39 is 0 Å². The molecule has 1 aromatic carbocycles. The van der Waals surface area contributed by atoms with E-state index in [0.29, 0.717) is 11.6 Å². The van der Waals surface area contributed by atoms with Crippen molar-refractivity contribution in [3.8, 4) is 0 Å². The summed E-state index contributed by atoms with van der Waals surface area (Å²) in [6.45, 7) is 6.33. The average Bonchev–Trinajstić information content (AvgIpc) is 3.36. The van der Waals surface area contributed by atoms with Crippen LogP contribution in [0.25, 0.3) is 0 Å². The van der Waals surface area contributed by atoms with Gasteiger partial charge in [-0.3, -0.25) is 9.59 Å². The first kappa shape index (κ1) is 17.3. The van der Waals surface area contributed by atoms with E-state index in [1.165, 1.54) is 0 Å². The second kappa shape index (κ2) is 7.02. The zero-order valence-electron chi connectivity index (χ0n) is 14.5. The minimum absolute atomic E-state index is 0.0760. The lowest BCUT2D eigenvalue weighted by molar-refractivity contribution is -0.128. The minimum atomic E-state index is -0.214. The number of amides is 2. The Labute approximate surface area is 138 Å². The molecule has 2 amide bonds. The first-order chi connectivity index (χ1) is 10.8. The van der Waals surface area contributed by atoms with Crippen molar-refractivity contribution in [3.63, 3.8) is 0 Å². The summed E-state index contributed by atoms with van der Waals surface area (Å²) in [5.41, 5.74) is 1.25. The minimum Gasteiger partial charge on any atom is -0.376 e. The topological polar surface area (TPSA) is 61.4 Å². The Bertz CT molecular complexity index is 562. The van der Waals surface area contributed by atoms with Gasteiger partial charge in [0, 0.05) is 29.9 Å². The number of hydrogen-bond acceptors (Lipinski definition) is 3. The highest BCUT2D eigenvalue weighted by molar-refractivity contribution is 5.95. The molecular weight excluding hydrogens is 290 g/mol. The van der Waals surface area contributed by atoms with Crippen molar-refractivity contribution >= 4 is 17.5 Å². The molecule has 1 aliphatic rings. The molecule has 0 radical (unpaired) electrons. The second-order valence-electron chi connectivity index (χ2n) is 6.86. The van der Waals surface area contributed by atoms with Gasteiger partial charge in [0.2, 0.25) is 5.91 Å². The molecule has 0 unspecified atom stereocenters. The molecule has 1 aromatic rings. The molecule has 1 aliphatic carbocycles.